The van der Waals surface area contributed by atoms with Crippen LogP contribution in [0, 0.1) is 0 Å². The van der Waals surface area contributed by atoms with E-state index in [1.165, 1.54) is 80.4 Å². The van der Waals surface area contributed by atoms with Gasteiger partial charge in [0.2, 0.25) is 0 Å². The molecule has 8 aromatic carbocycles. The quantitative estimate of drug-likeness (QED) is 0.147. The molecule has 0 N–H and O–H groups in total. The van der Waals surface area contributed by atoms with E-state index in [1.807, 2.05) is 0 Å². The molecule has 0 radical (unpaired) electrons. The third kappa shape index (κ3) is 6.14. The first-order chi connectivity index (χ1) is 28.5. The van der Waals surface area contributed by atoms with E-state index in [0.29, 0.717) is 0 Å². The summed E-state index contributed by atoms with van der Waals surface area (Å²) in [5.74, 6) is 0. The summed E-state index contributed by atoms with van der Waals surface area (Å²) in [6, 6.07) is 73.7. The van der Waals surface area contributed by atoms with Crippen LogP contribution in [0.25, 0.3) is 55.0 Å². The zero-order valence-corrected chi connectivity index (χ0v) is 37.7. The molecule has 10 aromatic rings. The molecule has 0 spiro atoms. The Hall–Kier alpha value is -5.84. The normalized spacial score (nSPS) is 12.6. The maximum atomic E-state index is 2.51. The Kier molecular flexibility index (Phi) is 8.99. The number of aromatic nitrogens is 2. The first kappa shape index (κ1) is 37.4. The Labute approximate surface area is 352 Å². The van der Waals surface area contributed by atoms with Gasteiger partial charge in [-0.15, -0.1) is 0 Å². The van der Waals surface area contributed by atoms with E-state index in [9.17, 15) is 0 Å². The topological polar surface area (TPSA) is 9.86 Å². The van der Waals surface area contributed by atoms with Gasteiger partial charge in [0.05, 0.1) is 0 Å². The molecule has 0 fully saturated rings. The van der Waals surface area contributed by atoms with Crippen LogP contribution in [0.4, 0.5) is 0 Å². The molecule has 0 saturated heterocycles. The Morgan fingerprint density at radius 2 is 0.695 bits per heavy atom. The SMILES string of the molecule is CC(C)(C)c1ccc2c(c1)c1cc(C(C)(C)C)ccc1n2-c1ccc2c(c1)c1ccccc1n2-c1ccc[c]([Sn]([c]2ccccc2)([c]2ccccc2)[c]2ccccc2)c1. The Morgan fingerprint density at radius 3 is 1.19 bits per heavy atom. The minimum absolute atomic E-state index is 0.0506. The first-order valence-corrected chi connectivity index (χ1v) is 26.6. The molecule has 0 aliphatic carbocycles. The second-order valence-electron chi connectivity index (χ2n) is 18.3. The van der Waals surface area contributed by atoms with Gasteiger partial charge >= 0.3 is 291 Å². The van der Waals surface area contributed by atoms with Gasteiger partial charge in [-0.3, -0.25) is 0 Å². The van der Waals surface area contributed by atoms with E-state index < -0.39 is 18.4 Å². The summed E-state index contributed by atoms with van der Waals surface area (Å²) in [4.78, 5) is 0. The number of hydrogen-bond acceptors (Lipinski definition) is 0. The Morgan fingerprint density at radius 1 is 0.305 bits per heavy atom. The minimum atomic E-state index is -3.84. The molecule has 2 nitrogen and oxygen atoms in total. The fourth-order valence-corrected chi connectivity index (χ4v) is 23.2. The second-order valence-corrected chi connectivity index (χ2v) is 29.1. The van der Waals surface area contributed by atoms with Crippen LogP contribution in [-0.2, 0) is 10.8 Å². The van der Waals surface area contributed by atoms with Crippen LogP contribution in [-0.4, -0.2) is 27.5 Å². The third-order valence-corrected chi connectivity index (χ3v) is 26.2. The van der Waals surface area contributed by atoms with Crippen molar-refractivity contribution in [3.05, 3.63) is 205 Å². The van der Waals surface area contributed by atoms with Crippen molar-refractivity contribution >= 4 is 76.3 Å². The van der Waals surface area contributed by atoms with Gasteiger partial charge in [-0.2, -0.15) is 0 Å². The molecule has 0 aliphatic heterocycles. The maximum absolute atomic E-state index is 3.84. The molecule has 0 unspecified atom stereocenters. The molecule has 59 heavy (non-hydrogen) atoms. The second kappa shape index (κ2) is 14.2. The summed E-state index contributed by atoms with van der Waals surface area (Å²) in [7, 11) is 0. The third-order valence-electron chi connectivity index (χ3n) is 12.6. The van der Waals surface area contributed by atoms with Crippen molar-refractivity contribution in [1.29, 1.82) is 0 Å². The molecular formula is C56H50N2Sn. The predicted molar refractivity (Wildman–Crippen MR) is 256 cm³/mol. The van der Waals surface area contributed by atoms with Crippen LogP contribution in [0.15, 0.2) is 194 Å². The number of para-hydroxylation sites is 1. The monoisotopic (exact) mass is 870 g/mol. The fraction of sp³-hybridized carbons (Fsp3) is 0.143. The standard InChI is InChI=1S/C38H35N2.3C6H5.Sn/c1-37(2,3)25-16-19-34-30(22-25)31-23-26(38(4,5)6)17-20-35(31)40(34)28-18-21-36-32(24-28)29-14-10-11-15-33(29)39(36)27-12-8-7-9-13-27;3*1-2-4-6-5-3-1;/h7-8,10-24H,1-6H3;3*1-5H;. The average molecular weight is 870 g/mol. The molecule has 0 bridgehead atoms. The number of fused-ring (bicyclic) bond motifs is 6. The number of benzene rings is 8. The van der Waals surface area contributed by atoms with Gasteiger partial charge in [-0.25, -0.2) is 0 Å². The molecule has 2 aromatic heterocycles. The molecule has 0 saturated carbocycles. The summed E-state index contributed by atoms with van der Waals surface area (Å²) in [6.45, 7) is 13.8. The Bertz CT molecular complexity index is 2990. The molecule has 0 aliphatic rings. The van der Waals surface area contributed by atoms with Gasteiger partial charge in [0.25, 0.3) is 0 Å². The van der Waals surface area contributed by atoms with Crippen LogP contribution >= 0.6 is 0 Å². The predicted octanol–water partition coefficient (Wildman–Crippen LogP) is 11.9. The van der Waals surface area contributed by atoms with E-state index in [4.69, 9.17) is 0 Å². The van der Waals surface area contributed by atoms with Crippen LogP contribution in [0.1, 0.15) is 52.7 Å². The molecule has 2 heterocycles. The van der Waals surface area contributed by atoms with E-state index in [-0.39, 0.29) is 10.8 Å². The van der Waals surface area contributed by atoms with Crippen molar-refractivity contribution in [1.82, 2.24) is 9.13 Å². The van der Waals surface area contributed by atoms with Crippen LogP contribution in [0.5, 0.6) is 0 Å². The summed E-state index contributed by atoms with van der Waals surface area (Å²) in [5.41, 5.74) is 10.1. The first-order valence-electron chi connectivity index (χ1n) is 20.9. The summed E-state index contributed by atoms with van der Waals surface area (Å²) in [5, 5.41) is 5.12. The fourth-order valence-electron chi connectivity index (χ4n) is 9.56. The number of rotatable bonds is 6. The van der Waals surface area contributed by atoms with Crippen LogP contribution in [0.3, 0.4) is 0 Å². The molecule has 0 atom stereocenters. The van der Waals surface area contributed by atoms with Gasteiger partial charge < -0.3 is 0 Å². The van der Waals surface area contributed by atoms with E-state index in [2.05, 4.69) is 245 Å². The van der Waals surface area contributed by atoms with Gasteiger partial charge in [-0.1, -0.05) is 41.5 Å². The number of nitrogens with zero attached hydrogens (tertiary/aromatic N) is 2. The van der Waals surface area contributed by atoms with E-state index in [1.54, 1.807) is 0 Å². The average Bonchev–Trinajstić information content (AvgIpc) is 3.76. The van der Waals surface area contributed by atoms with Gasteiger partial charge in [-0.05, 0) is 22.0 Å². The van der Waals surface area contributed by atoms with E-state index >= 15 is 0 Å². The van der Waals surface area contributed by atoms with Crippen LogP contribution < -0.4 is 14.3 Å². The number of hydrogen-bond donors (Lipinski definition) is 0. The van der Waals surface area contributed by atoms with Crippen molar-refractivity contribution < 1.29 is 0 Å². The summed E-state index contributed by atoms with van der Waals surface area (Å²) >= 11 is -3.84. The van der Waals surface area contributed by atoms with Crippen molar-refractivity contribution in [3.8, 4) is 11.4 Å². The van der Waals surface area contributed by atoms with Gasteiger partial charge in [0.1, 0.15) is 0 Å². The van der Waals surface area contributed by atoms with E-state index in [0.717, 1.165) is 0 Å². The molecule has 0 amide bonds. The summed E-state index contributed by atoms with van der Waals surface area (Å²) < 4.78 is 10.7. The molecule has 3 heteroatoms. The molecule has 288 valence electrons. The van der Waals surface area contributed by atoms with Crippen LogP contribution in [0.2, 0.25) is 0 Å². The van der Waals surface area contributed by atoms with Crippen molar-refractivity contribution in [2.75, 3.05) is 0 Å². The Balaban J connectivity index is 1.21. The van der Waals surface area contributed by atoms with Gasteiger partial charge in [0, 0.05) is 0 Å². The van der Waals surface area contributed by atoms with Gasteiger partial charge in [0.15, 0.2) is 0 Å². The van der Waals surface area contributed by atoms with Crippen molar-refractivity contribution in [3.63, 3.8) is 0 Å². The molecular weight excluding hydrogens is 819 g/mol. The van der Waals surface area contributed by atoms with Crippen molar-refractivity contribution in [2.24, 2.45) is 0 Å². The summed E-state index contributed by atoms with van der Waals surface area (Å²) in [6.07, 6.45) is 0. The zero-order valence-electron chi connectivity index (χ0n) is 34.9. The molecule has 10 rings (SSSR count). The zero-order chi connectivity index (χ0) is 40.5. The van der Waals surface area contributed by atoms with Crippen molar-refractivity contribution in [2.45, 2.75) is 52.4 Å².